The number of esters is 3. The molecule has 4 rings (SSSR count). The average Bonchev–Trinajstić information content (AvgIpc) is 3.74. The van der Waals surface area contributed by atoms with Crippen LogP contribution in [-0.2, 0) is 33.4 Å². The monoisotopic (exact) mass is 752 g/mol. The Morgan fingerprint density at radius 1 is 0.527 bits per heavy atom. The lowest BCUT2D eigenvalue weighted by Gasteiger charge is -2.20. The molecule has 0 bridgehead atoms. The van der Waals surface area contributed by atoms with Crippen molar-refractivity contribution in [2.24, 2.45) is 0 Å². The SMILES string of the molecule is CCCCCCCC(=O)OCC(COC(=O)CCCCCCC)OC(=O)CCC(=O)[O-].c1ccc(-c2ccc(C(c3ccccc3)n3cccc3)cc2)cc1. The molecule has 55 heavy (non-hydrogen) atoms. The molecule has 3 aromatic carbocycles. The summed E-state index contributed by atoms with van der Waals surface area (Å²) in [5, 5.41) is 10.5. The number of carboxylic acids is 1. The highest BCUT2D eigenvalue weighted by Gasteiger charge is 2.20. The van der Waals surface area contributed by atoms with Gasteiger partial charge in [0, 0.05) is 31.2 Å². The molecule has 0 amide bonds. The van der Waals surface area contributed by atoms with Crippen molar-refractivity contribution in [2.45, 2.75) is 116 Å². The smallest absolute Gasteiger partial charge is 0.306 e. The van der Waals surface area contributed by atoms with Crippen LogP contribution in [0.2, 0.25) is 0 Å². The summed E-state index contributed by atoms with van der Waals surface area (Å²) in [4.78, 5) is 46.1. The maximum atomic E-state index is 11.9. The molecule has 1 heterocycles. The highest BCUT2D eigenvalue weighted by molar-refractivity contribution is 5.76. The Hall–Kier alpha value is -5.18. The van der Waals surface area contributed by atoms with Crippen molar-refractivity contribution in [3.63, 3.8) is 0 Å². The van der Waals surface area contributed by atoms with Crippen molar-refractivity contribution < 1.29 is 38.5 Å². The lowest BCUT2D eigenvalue weighted by atomic mass is 9.96. The molecule has 0 aliphatic heterocycles. The summed E-state index contributed by atoms with van der Waals surface area (Å²) in [6.07, 6.45) is 13.0. The van der Waals surface area contributed by atoms with E-state index in [-0.39, 0.29) is 38.5 Å². The number of rotatable bonds is 24. The number of hydrogen-bond donors (Lipinski definition) is 0. The van der Waals surface area contributed by atoms with E-state index >= 15 is 0 Å². The number of hydrogen-bond acceptors (Lipinski definition) is 8. The average molecular weight is 753 g/mol. The first kappa shape index (κ1) is 44.2. The second kappa shape index (κ2) is 26.6. The number of carbonyl (C=O) groups is 4. The first-order chi connectivity index (χ1) is 26.8. The third kappa shape index (κ3) is 18.1. The molecular weight excluding hydrogens is 695 g/mol. The number of nitrogens with zero attached hydrogens (tertiary/aromatic N) is 1. The number of ether oxygens (including phenoxy) is 3. The van der Waals surface area contributed by atoms with Crippen molar-refractivity contribution >= 4 is 23.9 Å². The number of carbonyl (C=O) groups excluding carboxylic acids is 4. The van der Waals surface area contributed by atoms with Gasteiger partial charge >= 0.3 is 17.9 Å². The summed E-state index contributed by atoms with van der Waals surface area (Å²) in [5.74, 6) is -2.96. The fourth-order valence-corrected chi connectivity index (χ4v) is 6.01. The first-order valence-corrected chi connectivity index (χ1v) is 19.8. The molecule has 0 spiro atoms. The van der Waals surface area contributed by atoms with Gasteiger partial charge in [-0.2, -0.15) is 0 Å². The van der Waals surface area contributed by atoms with Crippen LogP contribution in [0.1, 0.15) is 121 Å². The molecule has 9 nitrogen and oxygen atoms in total. The number of benzene rings is 3. The zero-order chi connectivity index (χ0) is 39.5. The minimum Gasteiger partial charge on any atom is -0.550 e. The van der Waals surface area contributed by atoms with Crippen molar-refractivity contribution in [3.8, 4) is 11.1 Å². The molecule has 0 radical (unpaired) electrons. The fourth-order valence-electron chi connectivity index (χ4n) is 6.01. The minimum atomic E-state index is -1.36. The third-order valence-electron chi connectivity index (χ3n) is 9.04. The zero-order valence-corrected chi connectivity index (χ0v) is 32.6. The standard InChI is InChI=1S/C23H19N.C23H40O8/c1-3-9-19(10-4-1)20-13-15-22(16-14-20)23(24-17-7-8-18-24)21-11-5-2-6-12-21;1-3-5-7-9-11-13-21(26)29-17-19(31-23(28)16-15-20(24)25)18-30-22(27)14-12-10-8-6-4-2/h1-18,23H;19H,3-18H2,1-2H3,(H,24,25)/p-1. The summed E-state index contributed by atoms with van der Waals surface area (Å²) < 4.78 is 17.7. The van der Waals surface area contributed by atoms with Crippen LogP contribution in [0.15, 0.2) is 109 Å². The van der Waals surface area contributed by atoms with Gasteiger partial charge in [-0.15, -0.1) is 0 Å². The van der Waals surface area contributed by atoms with Gasteiger partial charge in [-0.1, -0.05) is 150 Å². The Morgan fingerprint density at radius 3 is 1.51 bits per heavy atom. The largest absolute Gasteiger partial charge is 0.550 e. The molecule has 0 aliphatic rings. The first-order valence-electron chi connectivity index (χ1n) is 19.8. The van der Waals surface area contributed by atoms with Crippen LogP contribution in [0.25, 0.3) is 11.1 Å². The van der Waals surface area contributed by atoms with E-state index in [1.165, 1.54) is 22.3 Å². The zero-order valence-electron chi connectivity index (χ0n) is 32.6. The molecule has 0 saturated heterocycles. The van der Waals surface area contributed by atoms with E-state index in [9.17, 15) is 24.3 Å². The van der Waals surface area contributed by atoms with Gasteiger partial charge in [-0.05, 0) is 53.6 Å². The van der Waals surface area contributed by atoms with Gasteiger partial charge in [0.25, 0.3) is 0 Å². The highest BCUT2D eigenvalue weighted by Crippen LogP contribution is 2.29. The van der Waals surface area contributed by atoms with Gasteiger partial charge in [-0.25, -0.2) is 0 Å². The number of aliphatic carboxylic acids is 1. The van der Waals surface area contributed by atoms with Crippen LogP contribution in [0.3, 0.4) is 0 Å². The van der Waals surface area contributed by atoms with Gasteiger partial charge < -0.3 is 28.7 Å². The Morgan fingerprint density at radius 2 is 1.00 bits per heavy atom. The Kier molecular flexibility index (Phi) is 21.4. The Bertz CT molecular complexity index is 1610. The van der Waals surface area contributed by atoms with E-state index in [1.54, 1.807) is 0 Å². The van der Waals surface area contributed by atoms with E-state index < -0.39 is 36.4 Å². The van der Waals surface area contributed by atoms with E-state index in [1.807, 2.05) is 0 Å². The van der Waals surface area contributed by atoms with Gasteiger partial charge in [0.05, 0.1) is 12.5 Å². The summed E-state index contributed by atoms with van der Waals surface area (Å²) in [6, 6.07) is 34.4. The van der Waals surface area contributed by atoms with Crippen LogP contribution in [0, 0.1) is 0 Å². The summed E-state index contributed by atoms with van der Waals surface area (Å²) >= 11 is 0. The second-order valence-electron chi connectivity index (χ2n) is 13.6. The van der Waals surface area contributed by atoms with Gasteiger partial charge in [0.15, 0.2) is 6.10 Å². The van der Waals surface area contributed by atoms with Crippen LogP contribution in [0.4, 0.5) is 0 Å². The fraction of sp³-hybridized carbons (Fsp3) is 0.435. The highest BCUT2D eigenvalue weighted by atomic mass is 16.6. The van der Waals surface area contributed by atoms with Gasteiger partial charge in [0.2, 0.25) is 0 Å². The molecule has 9 heteroatoms. The lowest BCUT2D eigenvalue weighted by molar-refractivity contribution is -0.305. The van der Waals surface area contributed by atoms with E-state index in [0.29, 0.717) is 0 Å². The summed E-state index contributed by atoms with van der Waals surface area (Å²) in [5.41, 5.74) is 5.08. The van der Waals surface area contributed by atoms with Crippen molar-refractivity contribution in [1.29, 1.82) is 0 Å². The topological polar surface area (TPSA) is 124 Å². The molecule has 1 aromatic heterocycles. The maximum absolute atomic E-state index is 11.9. The Balaban J connectivity index is 0.000000302. The normalized spacial score (nSPS) is 11.3. The molecule has 1 unspecified atom stereocenters. The quantitative estimate of drug-likeness (QED) is 0.0395. The third-order valence-corrected chi connectivity index (χ3v) is 9.04. The predicted octanol–water partition coefficient (Wildman–Crippen LogP) is 9.03. The van der Waals surface area contributed by atoms with E-state index in [2.05, 4.69) is 128 Å². The number of unbranched alkanes of at least 4 members (excludes halogenated alkanes) is 8. The van der Waals surface area contributed by atoms with Crippen LogP contribution >= 0.6 is 0 Å². The maximum Gasteiger partial charge on any atom is 0.306 e. The number of carboxylic acid groups (broad SMARTS) is 1. The lowest BCUT2D eigenvalue weighted by Crippen LogP contribution is -2.31. The predicted molar refractivity (Wildman–Crippen MR) is 213 cm³/mol. The molecule has 4 aromatic rings. The summed E-state index contributed by atoms with van der Waals surface area (Å²) in [6.45, 7) is 3.74. The molecule has 296 valence electrons. The molecule has 0 aliphatic carbocycles. The number of aromatic nitrogens is 1. The molecule has 0 saturated carbocycles. The Labute approximate surface area is 327 Å². The van der Waals surface area contributed by atoms with E-state index in [4.69, 9.17) is 14.2 Å². The summed E-state index contributed by atoms with van der Waals surface area (Å²) in [7, 11) is 0. The molecular formula is C46H58NO8-. The molecule has 0 fully saturated rings. The van der Waals surface area contributed by atoms with Crippen LogP contribution in [-0.4, -0.2) is 47.8 Å². The second-order valence-corrected chi connectivity index (χ2v) is 13.6. The van der Waals surface area contributed by atoms with Crippen molar-refractivity contribution in [1.82, 2.24) is 4.57 Å². The van der Waals surface area contributed by atoms with Crippen molar-refractivity contribution in [2.75, 3.05) is 13.2 Å². The van der Waals surface area contributed by atoms with Gasteiger partial charge in [0.1, 0.15) is 13.2 Å². The van der Waals surface area contributed by atoms with Crippen molar-refractivity contribution in [3.05, 3.63) is 121 Å². The molecule has 1 atom stereocenters. The molecule has 0 N–H and O–H groups in total. The van der Waals surface area contributed by atoms with Crippen LogP contribution in [0.5, 0.6) is 0 Å². The minimum absolute atomic E-state index is 0.200. The van der Waals surface area contributed by atoms with Crippen LogP contribution < -0.4 is 5.11 Å². The van der Waals surface area contributed by atoms with Gasteiger partial charge in [-0.3, -0.25) is 14.4 Å². The van der Waals surface area contributed by atoms with E-state index in [0.717, 1.165) is 64.2 Å².